The van der Waals surface area contributed by atoms with E-state index in [0.29, 0.717) is 25.1 Å². The van der Waals surface area contributed by atoms with Gasteiger partial charge in [-0.1, -0.05) is 0 Å². The summed E-state index contributed by atoms with van der Waals surface area (Å²) in [5.74, 6) is 0.155. The van der Waals surface area contributed by atoms with Gasteiger partial charge >= 0.3 is 0 Å². The molecular weight excluding hydrogens is 491 g/mol. The number of amides is 1. The van der Waals surface area contributed by atoms with E-state index in [9.17, 15) is 13.6 Å². The van der Waals surface area contributed by atoms with E-state index in [1.165, 1.54) is 6.07 Å². The topological polar surface area (TPSA) is 51.2 Å². The van der Waals surface area contributed by atoms with E-state index in [-0.39, 0.29) is 29.9 Å². The summed E-state index contributed by atoms with van der Waals surface area (Å²) in [6.45, 7) is 5.90. The van der Waals surface area contributed by atoms with Gasteiger partial charge in [-0.15, -0.1) is 24.0 Å². The minimum absolute atomic E-state index is 0. The van der Waals surface area contributed by atoms with Gasteiger partial charge in [-0.25, -0.2) is 8.78 Å². The third-order valence-corrected chi connectivity index (χ3v) is 5.39. The molecule has 0 saturated carbocycles. The predicted octanol–water partition coefficient (Wildman–Crippen LogP) is 1.94. The van der Waals surface area contributed by atoms with E-state index in [1.807, 2.05) is 4.90 Å². The summed E-state index contributed by atoms with van der Waals surface area (Å²) in [6, 6.07) is 3.51. The van der Waals surface area contributed by atoms with Crippen LogP contribution in [0.1, 0.15) is 18.4 Å². The van der Waals surface area contributed by atoms with Crippen molar-refractivity contribution < 1.29 is 13.6 Å². The molecule has 29 heavy (non-hydrogen) atoms. The van der Waals surface area contributed by atoms with Crippen LogP contribution in [0, 0.1) is 11.6 Å². The number of nitrogens with zero attached hydrogens (tertiary/aromatic N) is 4. The Labute approximate surface area is 188 Å². The maximum atomic E-state index is 13.7. The fourth-order valence-corrected chi connectivity index (χ4v) is 3.75. The van der Waals surface area contributed by atoms with Crippen LogP contribution in [0.15, 0.2) is 23.2 Å². The highest BCUT2D eigenvalue weighted by Gasteiger charge is 2.24. The van der Waals surface area contributed by atoms with E-state index in [4.69, 9.17) is 0 Å². The smallest absolute Gasteiger partial charge is 0.236 e. The summed E-state index contributed by atoms with van der Waals surface area (Å²) in [5.41, 5.74) is 0.355. The van der Waals surface area contributed by atoms with Crippen molar-refractivity contribution in [1.82, 2.24) is 20.0 Å². The van der Waals surface area contributed by atoms with Gasteiger partial charge in [-0.05, 0) is 43.0 Å². The number of likely N-dealkylation sites (tertiary alicyclic amines) is 1. The van der Waals surface area contributed by atoms with Crippen LogP contribution in [0.4, 0.5) is 8.78 Å². The first-order valence-corrected chi connectivity index (χ1v) is 9.96. The Morgan fingerprint density at radius 1 is 1.07 bits per heavy atom. The molecule has 2 aliphatic heterocycles. The number of hydrogen-bond donors (Lipinski definition) is 1. The van der Waals surface area contributed by atoms with Gasteiger partial charge in [-0.3, -0.25) is 14.7 Å². The first-order valence-electron chi connectivity index (χ1n) is 9.96. The van der Waals surface area contributed by atoms with Crippen molar-refractivity contribution >= 4 is 35.8 Å². The van der Waals surface area contributed by atoms with Crippen molar-refractivity contribution in [2.75, 3.05) is 59.4 Å². The Morgan fingerprint density at radius 3 is 2.41 bits per heavy atom. The lowest BCUT2D eigenvalue weighted by molar-refractivity contribution is -0.131. The number of carbonyl (C=O) groups excluding carboxylic acids is 1. The van der Waals surface area contributed by atoms with Crippen molar-refractivity contribution in [2.24, 2.45) is 4.99 Å². The maximum Gasteiger partial charge on any atom is 0.236 e. The van der Waals surface area contributed by atoms with Gasteiger partial charge in [0.15, 0.2) is 5.96 Å². The molecule has 0 aromatic heterocycles. The SMILES string of the molecule is CN=C(NCCc1cc(F)ccc1F)N1CCN(CC(=O)N2CCCC2)CC1.I. The lowest BCUT2D eigenvalue weighted by atomic mass is 10.1. The summed E-state index contributed by atoms with van der Waals surface area (Å²) in [4.78, 5) is 22.9. The molecule has 0 unspecified atom stereocenters. The molecule has 1 amide bonds. The molecule has 1 aromatic rings. The standard InChI is InChI=1S/C20H29F2N5O.HI/c1-23-20(24-7-6-16-14-17(21)4-5-18(16)22)27-12-10-25(11-13-27)15-19(28)26-8-2-3-9-26;/h4-5,14H,2-3,6-13,15H2,1H3,(H,23,24);1H. The highest BCUT2D eigenvalue weighted by Crippen LogP contribution is 2.11. The third kappa shape index (κ3) is 6.77. The second-order valence-electron chi connectivity index (χ2n) is 7.31. The van der Waals surface area contributed by atoms with Crippen LogP contribution in [0.3, 0.4) is 0 Å². The fourth-order valence-electron chi connectivity index (χ4n) is 3.75. The second-order valence-corrected chi connectivity index (χ2v) is 7.31. The highest BCUT2D eigenvalue weighted by atomic mass is 127. The molecule has 0 spiro atoms. The van der Waals surface area contributed by atoms with Crippen LogP contribution >= 0.6 is 24.0 Å². The molecule has 0 bridgehead atoms. The number of rotatable bonds is 5. The van der Waals surface area contributed by atoms with E-state index < -0.39 is 11.6 Å². The van der Waals surface area contributed by atoms with Gasteiger partial charge in [0.2, 0.25) is 5.91 Å². The van der Waals surface area contributed by atoms with Crippen molar-refractivity contribution in [3.8, 4) is 0 Å². The first kappa shape index (κ1) is 23.8. The molecule has 2 heterocycles. The van der Waals surface area contributed by atoms with Gasteiger partial charge in [0.05, 0.1) is 6.54 Å². The van der Waals surface area contributed by atoms with Gasteiger partial charge in [-0.2, -0.15) is 0 Å². The Hall–Kier alpha value is -1.49. The Balaban J connectivity index is 0.00000300. The number of halogens is 3. The van der Waals surface area contributed by atoms with Gasteiger partial charge in [0, 0.05) is 52.9 Å². The molecule has 162 valence electrons. The zero-order valence-corrected chi connectivity index (χ0v) is 19.2. The number of nitrogens with one attached hydrogen (secondary N) is 1. The number of benzene rings is 1. The molecule has 1 N–H and O–H groups in total. The van der Waals surface area contributed by atoms with Gasteiger partial charge < -0.3 is 15.1 Å². The molecule has 2 fully saturated rings. The lowest BCUT2D eigenvalue weighted by Gasteiger charge is -2.36. The van der Waals surface area contributed by atoms with Crippen molar-refractivity contribution in [3.05, 3.63) is 35.4 Å². The summed E-state index contributed by atoms with van der Waals surface area (Å²) in [6.07, 6.45) is 2.61. The Bertz CT molecular complexity index is 704. The van der Waals surface area contributed by atoms with E-state index >= 15 is 0 Å². The van der Waals surface area contributed by atoms with E-state index in [1.54, 1.807) is 7.05 Å². The molecule has 9 heteroatoms. The van der Waals surface area contributed by atoms with Crippen LogP contribution in [0.2, 0.25) is 0 Å². The van der Waals surface area contributed by atoms with Crippen molar-refractivity contribution in [2.45, 2.75) is 19.3 Å². The van der Waals surface area contributed by atoms with E-state index in [2.05, 4.69) is 20.1 Å². The Morgan fingerprint density at radius 2 is 1.76 bits per heavy atom. The minimum atomic E-state index is -0.430. The highest BCUT2D eigenvalue weighted by molar-refractivity contribution is 14.0. The molecule has 0 atom stereocenters. The van der Waals surface area contributed by atoms with Gasteiger partial charge in [0.1, 0.15) is 11.6 Å². The van der Waals surface area contributed by atoms with Crippen LogP contribution in [-0.4, -0.2) is 86.0 Å². The van der Waals surface area contributed by atoms with Crippen LogP contribution < -0.4 is 5.32 Å². The molecule has 2 saturated heterocycles. The number of guanidine groups is 1. The first-order chi connectivity index (χ1) is 13.6. The fraction of sp³-hybridized carbons (Fsp3) is 0.600. The maximum absolute atomic E-state index is 13.7. The third-order valence-electron chi connectivity index (χ3n) is 5.39. The van der Waals surface area contributed by atoms with Crippen molar-refractivity contribution in [1.29, 1.82) is 0 Å². The Kier molecular flexibility index (Phi) is 9.54. The predicted molar refractivity (Wildman–Crippen MR) is 121 cm³/mol. The lowest BCUT2D eigenvalue weighted by Crippen LogP contribution is -2.54. The number of carbonyl (C=O) groups is 1. The van der Waals surface area contributed by atoms with Gasteiger partial charge in [0.25, 0.3) is 0 Å². The molecular formula is C20H30F2IN5O. The largest absolute Gasteiger partial charge is 0.356 e. The summed E-state index contributed by atoms with van der Waals surface area (Å²) >= 11 is 0. The average Bonchev–Trinajstić information content (AvgIpc) is 3.24. The normalized spacial score (nSPS) is 18.0. The second kappa shape index (κ2) is 11.6. The van der Waals surface area contributed by atoms with Crippen LogP contribution in [-0.2, 0) is 11.2 Å². The summed E-state index contributed by atoms with van der Waals surface area (Å²) in [7, 11) is 1.72. The van der Waals surface area contributed by atoms with E-state index in [0.717, 1.165) is 70.2 Å². The average molecular weight is 521 g/mol. The number of piperazine rings is 1. The summed E-state index contributed by atoms with van der Waals surface area (Å²) < 4.78 is 27.0. The minimum Gasteiger partial charge on any atom is -0.356 e. The number of hydrogen-bond acceptors (Lipinski definition) is 3. The zero-order valence-electron chi connectivity index (χ0n) is 16.9. The number of aliphatic imine (C=N–C) groups is 1. The summed E-state index contributed by atoms with van der Waals surface area (Å²) in [5, 5.41) is 3.23. The van der Waals surface area contributed by atoms with Crippen LogP contribution in [0.5, 0.6) is 0 Å². The molecule has 0 radical (unpaired) electrons. The quantitative estimate of drug-likeness (QED) is 0.366. The molecule has 3 rings (SSSR count). The zero-order chi connectivity index (χ0) is 19.9. The molecule has 6 nitrogen and oxygen atoms in total. The molecule has 2 aliphatic rings. The molecule has 1 aromatic carbocycles. The monoisotopic (exact) mass is 521 g/mol. The van der Waals surface area contributed by atoms with Crippen molar-refractivity contribution in [3.63, 3.8) is 0 Å². The molecule has 0 aliphatic carbocycles. The van der Waals surface area contributed by atoms with Crippen LogP contribution in [0.25, 0.3) is 0 Å².